The molecule has 2 aromatic carbocycles. The zero-order chi connectivity index (χ0) is 22.1. The van der Waals surface area contributed by atoms with Crippen molar-refractivity contribution in [3.05, 3.63) is 87.1 Å². The second kappa shape index (κ2) is 8.44. The predicted molar refractivity (Wildman–Crippen MR) is 115 cm³/mol. The molecular formula is C24H21ClFN3O2. The highest BCUT2D eigenvalue weighted by molar-refractivity contribution is 6.32. The van der Waals surface area contributed by atoms with Crippen molar-refractivity contribution in [2.45, 2.75) is 31.8 Å². The van der Waals surface area contributed by atoms with E-state index in [1.165, 1.54) is 12.1 Å². The summed E-state index contributed by atoms with van der Waals surface area (Å²) < 4.78 is 18.8. The molecular weight excluding hydrogens is 417 g/mol. The van der Waals surface area contributed by atoms with Gasteiger partial charge in [0.05, 0.1) is 22.6 Å². The van der Waals surface area contributed by atoms with Crippen LogP contribution in [0, 0.1) is 17.1 Å². The Bertz CT molecular complexity index is 1150. The standard InChI is InChI=1S/C24H21ClFN3O2/c1-29-19-3-2-4-20(30)23(19)22(17(12-27)24(29)28)15-7-10-21(18(25)11-15)31-13-14-5-8-16(26)9-6-14/h5-11,22H,2-4,13,28H2,1H3/t22-/m1/s1. The minimum Gasteiger partial charge on any atom is -0.487 e. The Hall–Kier alpha value is -3.30. The molecule has 0 saturated carbocycles. The molecule has 5 nitrogen and oxygen atoms in total. The average Bonchev–Trinajstić information content (AvgIpc) is 2.76. The van der Waals surface area contributed by atoms with Crippen LogP contribution in [0.15, 0.2) is 65.1 Å². The van der Waals surface area contributed by atoms with Crippen molar-refractivity contribution in [2.75, 3.05) is 7.05 Å². The van der Waals surface area contributed by atoms with Gasteiger partial charge < -0.3 is 15.4 Å². The van der Waals surface area contributed by atoms with Crippen LogP contribution in [0.25, 0.3) is 0 Å². The van der Waals surface area contributed by atoms with E-state index in [9.17, 15) is 14.4 Å². The van der Waals surface area contributed by atoms with E-state index in [1.54, 1.807) is 42.3 Å². The number of carbonyl (C=O) groups excluding carboxylic acids is 1. The Morgan fingerprint density at radius 3 is 2.68 bits per heavy atom. The van der Waals surface area contributed by atoms with E-state index in [0.717, 1.165) is 29.7 Å². The fourth-order valence-corrected chi connectivity index (χ4v) is 4.40. The van der Waals surface area contributed by atoms with Crippen LogP contribution < -0.4 is 10.5 Å². The molecule has 2 N–H and O–H groups in total. The van der Waals surface area contributed by atoms with Crippen LogP contribution in [-0.2, 0) is 11.4 Å². The topological polar surface area (TPSA) is 79.3 Å². The molecule has 1 aliphatic heterocycles. The molecule has 4 rings (SSSR count). The Labute approximate surface area is 185 Å². The highest BCUT2D eigenvalue weighted by Crippen LogP contribution is 2.45. The number of nitriles is 1. The van der Waals surface area contributed by atoms with Gasteiger partial charge in [0.2, 0.25) is 0 Å². The number of allylic oxidation sites excluding steroid dienone is 3. The molecule has 0 amide bonds. The van der Waals surface area contributed by atoms with Crippen molar-refractivity contribution in [1.82, 2.24) is 4.90 Å². The highest BCUT2D eigenvalue weighted by Gasteiger charge is 2.38. The first-order valence-corrected chi connectivity index (χ1v) is 10.3. The normalized spacial score (nSPS) is 18.7. The van der Waals surface area contributed by atoms with Crippen LogP contribution in [0.5, 0.6) is 5.75 Å². The van der Waals surface area contributed by atoms with Crippen LogP contribution in [0.3, 0.4) is 0 Å². The maximum absolute atomic E-state index is 13.1. The Balaban J connectivity index is 1.67. The minimum absolute atomic E-state index is 0.0334. The third-order valence-corrected chi connectivity index (χ3v) is 6.06. The number of ether oxygens (including phenoxy) is 1. The van der Waals surface area contributed by atoms with Crippen LogP contribution in [0.2, 0.25) is 5.02 Å². The molecule has 0 fully saturated rings. The summed E-state index contributed by atoms with van der Waals surface area (Å²) in [6, 6.07) is 13.5. The summed E-state index contributed by atoms with van der Waals surface area (Å²) in [6.45, 7) is 0.234. The zero-order valence-electron chi connectivity index (χ0n) is 17.0. The van der Waals surface area contributed by atoms with E-state index in [0.29, 0.717) is 34.2 Å². The van der Waals surface area contributed by atoms with E-state index in [2.05, 4.69) is 6.07 Å². The molecule has 1 heterocycles. The number of rotatable bonds is 4. The van der Waals surface area contributed by atoms with Gasteiger partial charge in [-0.3, -0.25) is 4.79 Å². The molecule has 0 radical (unpaired) electrons. The van der Waals surface area contributed by atoms with Crippen molar-refractivity contribution >= 4 is 17.4 Å². The van der Waals surface area contributed by atoms with Gasteiger partial charge in [0.25, 0.3) is 0 Å². The molecule has 2 aromatic rings. The number of halogens is 2. The summed E-state index contributed by atoms with van der Waals surface area (Å²) in [5.74, 6) is -0.00871. The lowest BCUT2D eigenvalue weighted by Gasteiger charge is -2.37. The summed E-state index contributed by atoms with van der Waals surface area (Å²) in [4.78, 5) is 14.6. The first kappa shape index (κ1) is 21.0. The molecule has 31 heavy (non-hydrogen) atoms. The second-order valence-corrected chi connectivity index (χ2v) is 8.05. The quantitative estimate of drug-likeness (QED) is 0.744. The Morgan fingerprint density at radius 2 is 2.00 bits per heavy atom. The SMILES string of the molecule is CN1C(N)=C(C#N)[C@@H](c2ccc(OCc3ccc(F)cc3)c(Cl)c2)C2=C1CCCC2=O. The number of Topliss-reactive ketones (excluding diaryl/α,β-unsaturated/α-hetero) is 1. The molecule has 158 valence electrons. The van der Waals surface area contributed by atoms with Crippen LogP contribution in [0.4, 0.5) is 4.39 Å². The maximum atomic E-state index is 13.1. The smallest absolute Gasteiger partial charge is 0.161 e. The maximum Gasteiger partial charge on any atom is 0.161 e. The summed E-state index contributed by atoms with van der Waals surface area (Å²) in [6.07, 6.45) is 1.95. The third kappa shape index (κ3) is 3.89. The number of nitrogens with zero attached hydrogens (tertiary/aromatic N) is 2. The number of carbonyl (C=O) groups is 1. The van der Waals surface area contributed by atoms with Gasteiger partial charge in [0, 0.05) is 24.7 Å². The van der Waals surface area contributed by atoms with Gasteiger partial charge in [0.1, 0.15) is 24.0 Å². The molecule has 7 heteroatoms. The van der Waals surface area contributed by atoms with Crippen LogP contribution >= 0.6 is 11.6 Å². The Morgan fingerprint density at radius 1 is 1.26 bits per heavy atom. The van der Waals surface area contributed by atoms with Crippen LogP contribution in [0.1, 0.15) is 36.3 Å². The fraction of sp³-hybridized carbons (Fsp3) is 0.250. The summed E-state index contributed by atoms with van der Waals surface area (Å²) >= 11 is 6.48. The van der Waals surface area contributed by atoms with E-state index < -0.39 is 5.92 Å². The van der Waals surface area contributed by atoms with Gasteiger partial charge in [-0.25, -0.2) is 4.39 Å². The van der Waals surface area contributed by atoms with Crippen molar-refractivity contribution in [1.29, 1.82) is 5.26 Å². The summed E-state index contributed by atoms with van der Waals surface area (Å²) in [5.41, 5.74) is 9.61. The Kier molecular flexibility index (Phi) is 5.71. The number of ketones is 1. The van der Waals surface area contributed by atoms with Crippen molar-refractivity contribution in [3.8, 4) is 11.8 Å². The van der Waals surface area contributed by atoms with E-state index >= 15 is 0 Å². The molecule has 1 aliphatic carbocycles. The van der Waals surface area contributed by atoms with Gasteiger partial charge in [-0.1, -0.05) is 29.8 Å². The number of nitrogens with two attached hydrogens (primary N) is 1. The van der Waals surface area contributed by atoms with Gasteiger partial charge in [-0.05, 0) is 48.2 Å². The number of hydrogen-bond donors (Lipinski definition) is 1. The first-order chi connectivity index (χ1) is 14.9. The molecule has 0 unspecified atom stereocenters. The number of benzene rings is 2. The summed E-state index contributed by atoms with van der Waals surface area (Å²) in [5, 5.41) is 10.2. The third-order valence-electron chi connectivity index (χ3n) is 5.77. The van der Waals surface area contributed by atoms with E-state index in [1.807, 2.05) is 0 Å². The average molecular weight is 438 g/mol. The molecule has 0 bridgehead atoms. The van der Waals surface area contributed by atoms with Crippen LogP contribution in [-0.4, -0.2) is 17.7 Å². The van der Waals surface area contributed by atoms with Crippen molar-refractivity contribution in [2.24, 2.45) is 5.73 Å². The molecule has 0 aromatic heterocycles. The van der Waals surface area contributed by atoms with Crippen molar-refractivity contribution in [3.63, 3.8) is 0 Å². The fourth-order valence-electron chi connectivity index (χ4n) is 4.15. The molecule has 0 saturated heterocycles. The van der Waals surface area contributed by atoms with Crippen molar-refractivity contribution < 1.29 is 13.9 Å². The lowest BCUT2D eigenvalue weighted by molar-refractivity contribution is -0.116. The summed E-state index contributed by atoms with van der Waals surface area (Å²) in [7, 11) is 1.79. The molecule has 1 atom stereocenters. The van der Waals surface area contributed by atoms with Gasteiger partial charge in [0.15, 0.2) is 5.78 Å². The monoisotopic (exact) mass is 437 g/mol. The largest absolute Gasteiger partial charge is 0.487 e. The highest BCUT2D eigenvalue weighted by atomic mass is 35.5. The lowest BCUT2D eigenvalue weighted by Crippen LogP contribution is -2.36. The molecule has 2 aliphatic rings. The van der Waals surface area contributed by atoms with Gasteiger partial charge >= 0.3 is 0 Å². The first-order valence-electron chi connectivity index (χ1n) is 9.97. The lowest BCUT2D eigenvalue weighted by atomic mass is 9.76. The zero-order valence-corrected chi connectivity index (χ0v) is 17.7. The van der Waals surface area contributed by atoms with E-state index in [-0.39, 0.29) is 18.2 Å². The molecule has 0 spiro atoms. The number of hydrogen-bond acceptors (Lipinski definition) is 5. The van der Waals surface area contributed by atoms with E-state index in [4.69, 9.17) is 22.1 Å². The van der Waals surface area contributed by atoms with Gasteiger partial charge in [-0.2, -0.15) is 5.26 Å². The predicted octanol–water partition coefficient (Wildman–Crippen LogP) is 4.79. The van der Waals surface area contributed by atoms with Gasteiger partial charge in [-0.15, -0.1) is 0 Å². The minimum atomic E-state index is -0.548. The second-order valence-electron chi connectivity index (χ2n) is 7.64.